The molecule has 22 heavy (non-hydrogen) atoms. The molecule has 0 saturated carbocycles. The van der Waals surface area contributed by atoms with Crippen LogP contribution in [-0.2, 0) is 12.4 Å². The van der Waals surface area contributed by atoms with E-state index in [0.717, 1.165) is 6.20 Å². The monoisotopic (exact) mass is 341 g/mol. The minimum Gasteiger partial charge on any atom is -0.321 e. The van der Waals surface area contributed by atoms with Crippen LogP contribution in [0, 0.1) is 0 Å². The molecule has 0 atom stereocenters. The lowest BCUT2D eigenvalue weighted by atomic mass is 10.1. The smallest absolute Gasteiger partial charge is 0.321 e. The van der Waals surface area contributed by atoms with Gasteiger partial charge in [0.25, 0.3) is 5.91 Å². The van der Waals surface area contributed by atoms with Crippen molar-refractivity contribution in [2.45, 2.75) is 12.4 Å². The van der Waals surface area contributed by atoms with Gasteiger partial charge in [-0.1, -0.05) is 0 Å². The number of carbonyl (C=O) groups excluding carboxylic acids is 1. The van der Waals surface area contributed by atoms with Gasteiger partial charge in [-0.15, -0.1) is 0 Å². The Balaban J connectivity index is 2.40. The molecule has 0 fully saturated rings. The second kappa shape index (κ2) is 5.55. The minimum absolute atomic E-state index is 0.0277. The number of rotatable bonds is 2. The maximum absolute atomic E-state index is 12.6. The van der Waals surface area contributed by atoms with Crippen LogP contribution in [0.4, 0.5) is 32.0 Å². The van der Waals surface area contributed by atoms with Crippen LogP contribution in [-0.4, -0.2) is 14.7 Å². The van der Waals surface area contributed by atoms with Gasteiger partial charge in [-0.05, 0) is 18.2 Å². The van der Waals surface area contributed by atoms with E-state index in [-0.39, 0.29) is 11.8 Å². The number of nitrogens with zero attached hydrogens (tertiary/aromatic N) is 2. The predicted molar refractivity (Wildman–Crippen MR) is 64.3 cm³/mol. The summed E-state index contributed by atoms with van der Waals surface area (Å²) in [4.78, 5) is 11.6. The number of amides is 1. The number of halogens is 6. The average Bonchev–Trinajstić information content (AvgIpc) is 2.90. The Morgan fingerprint density at radius 3 is 1.95 bits per heavy atom. The summed E-state index contributed by atoms with van der Waals surface area (Å²) < 4.78 is 82.9. The Kier molecular flexibility index (Phi) is 4.09. The Hall–Kier alpha value is -2.17. The summed E-state index contributed by atoms with van der Waals surface area (Å²) in [6.45, 7) is 0. The van der Waals surface area contributed by atoms with Gasteiger partial charge in [-0.2, -0.15) is 35.1 Å². The lowest BCUT2D eigenvalue weighted by Crippen LogP contribution is -2.16. The first-order valence-corrected chi connectivity index (χ1v) is 6.19. The lowest BCUT2D eigenvalue weighted by Gasteiger charge is -2.14. The fourth-order valence-corrected chi connectivity index (χ4v) is 1.90. The second-order valence-electron chi connectivity index (χ2n) is 4.04. The number of hydrogen-bond acceptors (Lipinski definition) is 4. The van der Waals surface area contributed by atoms with Crippen molar-refractivity contribution in [3.63, 3.8) is 0 Å². The van der Waals surface area contributed by atoms with Gasteiger partial charge in [-0.25, -0.2) is 0 Å². The molecule has 2 aromatic rings. The van der Waals surface area contributed by atoms with Crippen LogP contribution in [0.5, 0.6) is 0 Å². The number of nitrogens with one attached hydrogen (secondary N) is 1. The molecule has 1 N–H and O–H groups in total. The largest absolute Gasteiger partial charge is 0.416 e. The van der Waals surface area contributed by atoms with Gasteiger partial charge < -0.3 is 5.32 Å². The Labute approximate surface area is 123 Å². The van der Waals surface area contributed by atoms with Gasteiger partial charge in [0, 0.05) is 5.69 Å². The van der Waals surface area contributed by atoms with Gasteiger partial charge in [0.1, 0.15) is 0 Å². The highest BCUT2D eigenvalue weighted by molar-refractivity contribution is 6.99. The number of aromatic nitrogens is 2. The zero-order valence-electron chi connectivity index (χ0n) is 10.3. The highest BCUT2D eigenvalue weighted by Crippen LogP contribution is 2.37. The molecule has 0 aliphatic carbocycles. The van der Waals surface area contributed by atoms with Gasteiger partial charge in [0.05, 0.1) is 29.1 Å². The first kappa shape index (κ1) is 16.2. The molecule has 0 aliphatic rings. The molecule has 1 aromatic heterocycles. The van der Waals surface area contributed by atoms with Crippen molar-refractivity contribution in [2.24, 2.45) is 0 Å². The van der Waals surface area contributed by atoms with Crippen molar-refractivity contribution in [3.05, 3.63) is 41.2 Å². The molecule has 0 saturated heterocycles. The van der Waals surface area contributed by atoms with E-state index in [1.807, 2.05) is 5.32 Å². The van der Waals surface area contributed by atoms with E-state index in [1.165, 1.54) is 0 Å². The molecule has 0 radical (unpaired) electrons. The summed E-state index contributed by atoms with van der Waals surface area (Å²) in [6.07, 6.45) is -8.93. The van der Waals surface area contributed by atoms with Crippen molar-refractivity contribution >= 4 is 23.3 Å². The van der Waals surface area contributed by atoms with E-state index in [1.54, 1.807) is 0 Å². The van der Waals surface area contributed by atoms with Gasteiger partial charge in [0.15, 0.2) is 5.69 Å². The summed E-state index contributed by atoms with van der Waals surface area (Å²) >= 11 is 0.672. The Morgan fingerprint density at radius 2 is 1.55 bits per heavy atom. The van der Waals surface area contributed by atoms with Gasteiger partial charge in [0.2, 0.25) is 0 Å². The second-order valence-corrected chi connectivity index (χ2v) is 4.60. The topological polar surface area (TPSA) is 54.9 Å². The SMILES string of the molecule is O=C(Nc1cc(C(F)(F)F)cc(C(F)(F)F)c1)c1cnsn1. The molecule has 11 heteroatoms. The van der Waals surface area contributed by atoms with Crippen molar-refractivity contribution in [2.75, 3.05) is 5.32 Å². The first-order valence-electron chi connectivity index (χ1n) is 5.46. The van der Waals surface area contributed by atoms with Crippen LogP contribution in [0.2, 0.25) is 0 Å². The van der Waals surface area contributed by atoms with Crippen molar-refractivity contribution < 1.29 is 31.1 Å². The van der Waals surface area contributed by atoms with Crippen LogP contribution >= 0.6 is 11.7 Å². The highest BCUT2D eigenvalue weighted by atomic mass is 32.1. The number of hydrogen-bond donors (Lipinski definition) is 1. The van der Waals surface area contributed by atoms with E-state index in [2.05, 4.69) is 8.75 Å². The van der Waals surface area contributed by atoms with Crippen molar-refractivity contribution in [1.29, 1.82) is 0 Å². The number of anilines is 1. The van der Waals surface area contributed by atoms with Crippen LogP contribution < -0.4 is 5.32 Å². The quantitative estimate of drug-likeness (QED) is 0.845. The summed E-state index contributed by atoms with van der Waals surface area (Å²) in [5.41, 5.74) is -3.89. The zero-order chi connectivity index (χ0) is 16.5. The Bertz CT molecular complexity index is 648. The van der Waals surface area contributed by atoms with Gasteiger partial charge >= 0.3 is 12.4 Å². The molecule has 0 bridgehead atoms. The molecule has 0 aliphatic heterocycles. The molecular formula is C11H5F6N3OS. The third-order valence-corrected chi connectivity index (χ3v) is 2.92. The van der Waals surface area contributed by atoms with E-state index in [9.17, 15) is 31.1 Å². The van der Waals surface area contributed by atoms with Crippen molar-refractivity contribution in [1.82, 2.24) is 8.75 Å². The fraction of sp³-hybridized carbons (Fsp3) is 0.182. The van der Waals surface area contributed by atoms with Crippen LogP contribution in [0.1, 0.15) is 21.6 Å². The van der Waals surface area contributed by atoms with Crippen LogP contribution in [0.15, 0.2) is 24.4 Å². The molecule has 0 unspecified atom stereocenters. The first-order chi connectivity index (χ1) is 10.1. The molecule has 1 heterocycles. The normalized spacial score (nSPS) is 12.3. The lowest BCUT2D eigenvalue weighted by molar-refractivity contribution is -0.143. The van der Waals surface area contributed by atoms with Crippen molar-refractivity contribution in [3.8, 4) is 0 Å². The molecule has 4 nitrogen and oxygen atoms in total. The number of alkyl halides is 6. The summed E-state index contributed by atoms with van der Waals surface area (Å²) in [5.74, 6) is -0.957. The third-order valence-electron chi connectivity index (χ3n) is 2.44. The highest BCUT2D eigenvalue weighted by Gasteiger charge is 2.37. The molecule has 1 amide bonds. The zero-order valence-corrected chi connectivity index (χ0v) is 11.1. The van der Waals surface area contributed by atoms with E-state index in [4.69, 9.17) is 0 Å². The van der Waals surface area contributed by atoms with E-state index < -0.39 is 35.1 Å². The number of benzene rings is 1. The van der Waals surface area contributed by atoms with E-state index in [0.29, 0.717) is 23.9 Å². The molecule has 0 spiro atoms. The predicted octanol–water partition coefficient (Wildman–Crippen LogP) is 3.83. The molecule has 2 rings (SSSR count). The van der Waals surface area contributed by atoms with E-state index >= 15 is 0 Å². The average molecular weight is 341 g/mol. The van der Waals surface area contributed by atoms with Crippen LogP contribution in [0.25, 0.3) is 0 Å². The maximum Gasteiger partial charge on any atom is 0.416 e. The summed E-state index contributed by atoms with van der Waals surface area (Å²) in [7, 11) is 0. The summed E-state index contributed by atoms with van der Waals surface area (Å²) in [5, 5.41) is 1.93. The molecular weight excluding hydrogens is 336 g/mol. The van der Waals surface area contributed by atoms with Gasteiger partial charge in [-0.3, -0.25) is 4.79 Å². The molecule has 118 valence electrons. The Morgan fingerprint density at radius 1 is 1.00 bits per heavy atom. The van der Waals surface area contributed by atoms with Crippen LogP contribution in [0.3, 0.4) is 0 Å². The molecule has 1 aromatic carbocycles. The fourth-order valence-electron chi connectivity index (χ4n) is 1.49. The summed E-state index contributed by atoms with van der Waals surface area (Å²) in [6, 6.07) is 0.792. The number of carbonyl (C=O) groups is 1. The standard InChI is InChI=1S/C11H5F6N3OS/c12-10(13,14)5-1-6(11(15,16)17)3-7(2-5)19-9(21)8-4-18-22-20-8/h1-4H,(H,19,21). The third kappa shape index (κ3) is 3.72. The maximum atomic E-state index is 12.6. The minimum atomic E-state index is -4.98.